The van der Waals surface area contributed by atoms with Crippen LogP contribution in [0, 0.1) is 12.9 Å². The van der Waals surface area contributed by atoms with Gasteiger partial charge in [-0.3, -0.25) is 0 Å². The maximum Gasteiger partial charge on any atom is 0.410 e. The first-order valence-corrected chi connectivity index (χ1v) is 8.05. The maximum atomic E-state index is 12.9. The van der Waals surface area contributed by atoms with Gasteiger partial charge in [0.1, 0.15) is 22.5 Å². The van der Waals surface area contributed by atoms with Crippen LogP contribution in [0.5, 0.6) is 0 Å². The zero-order valence-electron chi connectivity index (χ0n) is 16.0. The number of carbonyl (C=O) groups excluding carboxylic acids is 1. The van der Waals surface area contributed by atoms with Crippen LogP contribution in [0.3, 0.4) is 0 Å². The number of esters is 1. The molecule has 2 aromatic rings. The highest BCUT2D eigenvalue weighted by Crippen LogP contribution is 2.33. The summed E-state index contributed by atoms with van der Waals surface area (Å²) in [4.78, 5) is 28.7. The molecule has 0 aliphatic carbocycles. The standard InChI is InChI=1S/C10H11F3N2O2.C8H8FNO2/c1-9(2,10(11,12)13)15-7-6(8(16)17)4-3-5-14-7;1-5-3-4-6(7(9)10-5)8(11)12-2/h3-5H,1-2H3,(H,14,15)(H,16,17);3-4H,1-2H3. The van der Waals surface area contributed by atoms with Crippen LogP contribution >= 0.6 is 0 Å². The van der Waals surface area contributed by atoms with Gasteiger partial charge in [-0.15, -0.1) is 0 Å². The highest BCUT2D eigenvalue weighted by molar-refractivity contribution is 5.93. The molecule has 0 bridgehead atoms. The average molecular weight is 417 g/mol. The highest BCUT2D eigenvalue weighted by atomic mass is 19.4. The Balaban J connectivity index is 0.000000308. The molecule has 0 aliphatic heterocycles. The number of hydrogen-bond donors (Lipinski definition) is 2. The van der Waals surface area contributed by atoms with Gasteiger partial charge >= 0.3 is 18.1 Å². The molecule has 0 unspecified atom stereocenters. The van der Waals surface area contributed by atoms with Crippen molar-refractivity contribution in [2.75, 3.05) is 12.4 Å². The van der Waals surface area contributed by atoms with Gasteiger partial charge in [-0.1, -0.05) is 0 Å². The number of rotatable bonds is 4. The Morgan fingerprint density at radius 1 is 1.14 bits per heavy atom. The number of anilines is 1. The summed E-state index contributed by atoms with van der Waals surface area (Å²) < 4.78 is 55.1. The van der Waals surface area contributed by atoms with Crippen LogP contribution in [0.2, 0.25) is 0 Å². The molecule has 0 aromatic carbocycles. The van der Waals surface area contributed by atoms with E-state index in [1.54, 1.807) is 13.0 Å². The molecule has 0 atom stereocenters. The number of halogens is 4. The minimum absolute atomic E-state index is 0.136. The number of alkyl halides is 3. The lowest BCUT2D eigenvalue weighted by atomic mass is 10.0. The molecule has 29 heavy (non-hydrogen) atoms. The van der Waals surface area contributed by atoms with Crippen LogP contribution < -0.4 is 5.32 Å². The Morgan fingerprint density at radius 3 is 2.24 bits per heavy atom. The van der Waals surface area contributed by atoms with Gasteiger partial charge in [-0.2, -0.15) is 17.6 Å². The second-order valence-electron chi connectivity index (χ2n) is 6.24. The molecule has 0 radical (unpaired) electrons. The van der Waals surface area contributed by atoms with Gasteiger partial charge in [0.05, 0.1) is 7.11 Å². The SMILES string of the molecule is CC(C)(Nc1ncccc1C(=O)O)C(F)(F)F.COC(=O)c1ccc(C)nc1F. The van der Waals surface area contributed by atoms with Crippen molar-refractivity contribution in [3.8, 4) is 0 Å². The van der Waals surface area contributed by atoms with E-state index < -0.39 is 29.6 Å². The molecule has 2 rings (SSSR count). The molecule has 2 heterocycles. The van der Waals surface area contributed by atoms with Gasteiger partial charge in [0.25, 0.3) is 0 Å². The van der Waals surface area contributed by atoms with Crippen molar-refractivity contribution in [3.63, 3.8) is 0 Å². The van der Waals surface area contributed by atoms with Gasteiger partial charge < -0.3 is 15.2 Å². The third-order valence-electron chi connectivity index (χ3n) is 3.57. The summed E-state index contributed by atoms with van der Waals surface area (Å²) in [6.45, 7) is 3.46. The first-order valence-electron chi connectivity index (χ1n) is 8.05. The number of carboxylic acid groups (broad SMARTS) is 1. The van der Waals surface area contributed by atoms with E-state index in [1.807, 2.05) is 0 Å². The first-order chi connectivity index (χ1) is 13.3. The third-order valence-corrected chi connectivity index (χ3v) is 3.57. The van der Waals surface area contributed by atoms with Crippen molar-refractivity contribution in [2.24, 2.45) is 0 Å². The lowest BCUT2D eigenvalue weighted by molar-refractivity contribution is -0.168. The number of carbonyl (C=O) groups is 2. The fraction of sp³-hybridized carbons (Fsp3) is 0.333. The van der Waals surface area contributed by atoms with Crippen LogP contribution in [-0.2, 0) is 4.74 Å². The first kappa shape index (κ1) is 23.8. The molecule has 0 aliphatic rings. The average Bonchev–Trinajstić information content (AvgIpc) is 2.60. The van der Waals surface area contributed by atoms with Crippen LogP contribution in [-0.4, -0.2) is 45.8 Å². The number of nitrogens with one attached hydrogen (secondary N) is 1. The predicted octanol–water partition coefficient (Wildman–Crippen LogP) is 3.85. The third kappa shape index (κ3) is 6.40. The van der Waals surface area contributed by atoms with E-state index >= 15 is 0 Å². The lowest BCUT2D eigenvalue weighted by Gasteiger charge is -2.29. The fourth-order valence-electron chi connectivity index (χ4n) is 1.83. The number of ether oxygens (including phenoxy) is 1. The summed E-state index contributed by atoms with van der Waals surface area (Å²) in [5.41, 5.74) is -2.17. The van der Waals surface area contributed by atoms with E-state index in [0.29, 0.717) is 5.69 Å². The van der Waals surface area contributed by atoms with Crippen molar-refractivity contribution >= 4 is 17.8 Å². The normalized spacial score (nSPS) is 11.2. The van der Waals surface area contributed by atoms with Crippen LogP contribution in [0.1, 0.15) is 40.3 Å². The van der Waals surface area contributed by atoms with Gasteiger partial charge in [0.2, 0.25) is 5.95 Å². The molecule has 0 saturated carbocycles. The fourth-order valence-corrected chi connectivity index (χ4v) is 1.83. The summed E-state index contributed by atoms with van der Waals surface area (Å²) in [6.07, 6.45) is -3.29. The van der Waals surface area contributed by atoms with Crippen molar-refractivity contribution in [2.45, 2.75) is 32.5 Å². The number of nitrogens with zero attached hydrogens (tertiary/aromatic N) is 2. The minimum atomic E-state index is -4.51. The number of hydrogen-bond acceptors (Lipinski definition) is 6. The Hall–Kier alpha value is -3.24. The summed E-state index contributed by atoms with van der Waals surface area (Å²) in [5, 5.41) is 10.9. The van der Waals surface area contributed by atoms with Crippen molar-refractivity contribution < 1.29 is 37.0 Å². The Morgan fingerprint density at radius 2 is 1.76 bits per heavy atom. The molecule has 2 N–H and O–H groups in total. The molecular weight excluding hydrogens is 398 g/mol. The molecule has 0 amide bonds. The molecule has 11 heteroatoms. The van der Waals surface area contributed by atoms with E-state index in [1.165, 1.54) is 31.5 Å². The molecule has 0 spiro atoms. The van der Waals surface area contributed by atoms with Crippen LogP contribution in [0.15, 0.2) is 30.5 Å². The van der Waals surface area contributed by atoms with E-state index in [0.717, 1.165) is 13.8 Å². The van der Waals surface area contributed by atoms with Gasteiger partial charge in [-0.25, -0.2) is 19.6 Å². The number of pyridine rings is 2. The maximum absolute atomic E-state index is 12.9. The Labute approximate surface area is 163 Å². The van der Waals surface area contributed by atoms with E-state index in [9.17, 15) is 27.2 Å². The molecule has 2 aromatic heterocycles. The quantitative estimate of drug-likeness (QED) is 0.443. The van der Waals surface area contributed by atoms with E-state index in [-0.39, 0.29) is 16.9 Å². The Bertz CT molecular complexity index is 886. The van der Waals surface area contributed by atoms with Crippen molar-refractivity contribution in [1.29, 1.82) is 0 Å². The van der Waals surface area contributed by atoms with Crippen molar-refractivity contribution in [1.82, 2.24) is 9.97 Å². The number of carboxylic acids is 1. The molecular formula is C18H19F4N3O4. The monoisotopic (exact) mass is 417 g/mol. The van der Waals surface area contributed by atoms with E-state index in [4.69, 9.17) is 5.11 Å². The van der Waals surface area contributed by atoms with Gasteiger partial charge in [0, 0.05) is 11.9 Å². The number of aromatic carboxylic acids is 1. The topological polar surface area (TPSA) is 101 Å². The zero-order chi connectivity index (χ0) is 22.4. The smallest absolute Gasteiger partial charge is 0.410 e. The Kier molecular flexibility index (Phi) is 7.64. The minimum Gasteiger partial charge on any atom is -0.478 e. The van der Waals surface area contributed by atoms with Crippen molar-refractivity contribution in [3.05, 3.63) is 53.2 Å². The molecule has 7 nitrogen and oxygen atoms in total. The number of methoxy groups -OCH3 is 1. The lowest BCUT2D eigenvalue weighted by Crippen LogP contribution is -2.46. The van der Waals surface area contributed by atoms with Gasteiger partial charge in [0.15, 0.2) is 0 Å². The summed E-state index contributed by atoms with van der Waals surface area (Å²) in [7, 11) is 1.20. The largest absolute Gasteiger partial charge is 0.478 e. The number of aromatic nitrogens is 2. The van der Waals surface area contributed by atoms with Gasteiger partial charge in [-0.05, 0) is 45.0 Å². The second kappa shape index (κ2) is 9.30. The number of aryl methyl sites for hydroxylation is 1. The highest BCUT2D eigenvalue weighted by Gasteiger charge is 2.48. The molecule has 0 saturated heterocycles. The predicted molar refractivity (Wildman–Crippen MR) is 95.2 cm³/mol. The van der Waals surface area contributed by atoms with E-state index in [2.05, 4.69) is 20.0 Å². The summed E-state index contributed by atoms with van der Waals surface area (Å²) in [5.74, 6) is -3.14. The second-order valence-corrected chi connectivity index (χ2v) is 6.24. The molecule has 158 valence electrons. The zero-order valence-corrected chi connectivity index (χ0v) is 16.0. The summed E-state index contributed by atoms with van der Waals surface area (Å²) >= 11 is 0. The summed E-state index contributed by atoms with van der Waals surface area (Å²) in [6, 6.07) is 5.43. The van der Waals surface area contributed by atoms with Crippen LogP contribution in [0.25, 0.3) is 0 Å². The van der Waals surface area contributed by atoms with Crippen LogP contribution in [0.4, 0.5) is 23.4 Å². The molecule has 0 fully saturated rings.